The molecule has 0 amide bonds. The van der Waals surface area contributed by atoms with Gasteiger partial charge in [0.2, 0.25) is 0 Å². The number of hydrogen-bond donors (Lipinski definition) is 2. The van der Waals surface area contributed by atoms with Crippen molar-refractivity contribution in [1.29, 1.82) is 0 Å². The van der Waals surface area contributed by atoms with Crippen LogP contribution in [0.1, 0.15) is 0 Å². The third-order valence-corrected chi connectivity index (χ3v) is 7.77. The number of aromatic nitrogens is 1. The Balaban J connectivity index is 1.60. The maximum Gasteiger partial charge on any atom is 0.190 e. The summed E-state index contributed by atoms with van der Waals surface area (Å²) < 4.78 is 24.5. The number of nitrogens with zero attached hydrogens (tertiary/aromatic N) is 1. The van der Waals surface area contributed by atoms with E-state index < -0.39 is 15.9 Å². The summed E-state index contributed by atoms with van der Waals surface area (Å²) in [5.74, 6) is -0.330. The van der Waals surface area contributed by atoms with Gasteiger partial charge in [-0.3, -0.25) is 0 Å². The van der Waals surface area contributed by atoms with Crippen molar-refractivity contribution >= 4 is 49.2 Å². The molecule has 0 aliphatic heterocycles. The summed E-state index contributed by atoms with van der Waals surface area (Å²) in [4.78, 5) is 4.42. The Hall–Kier alpha value is -1.45. The summed E-state index contributed by atoms with van der Waals surface area (Å²) >= 11 is 8.67. The number of aliphatic hydroxyl groups excluding tert-OH is 1. The van der Waals surface area contributed by atoms with Crippen LogP contribution in [0.4, 0.5) is 5.13 Å². The number of sulfone groups is 1. The van der Waals surface area contributed by atoms with Crippen molar-refractivity contribution in [1.82, 2.24) is 4.98 Å². The predicted molar refractivity (Wildman–Crippen MR) is 103 cm³/mol. The van der Waals surface area contributed by atoms with Crippen LogP contribution in [0, 0.1) is 0 Å². The van der Waals surface area contributed by atoms with E-state index in [1.807, 2.05) is 23.6 Å². The molecule has 0 saturated heterocycles. The van der Waals surface area contributed by atoms with Gasteiger partial charge in [0.25, 0.3) is 0 Å². The Morgan fingerprint density at radius 3 is 2.72 bits per heavy atom. The SMILES string of the molecule is O=S(=O)(CC(O)CNc1nc(-c2ccccc2Cl)cs1)c1cccs1. The summed E-state index contributed by atoms with van der Waals surface area (Å²) in [5.41, 5.74) is 1.56. The van der Waals surface area contributed by atoms with Crippen molar-refractivity contribution in [2.75, 3.05) is 17.6 Å². The minimum Gasteiger partial charge on any atom is -0.390 e. The molecule has 1 atom stereocenters. The molecule has 0 radical (unpaired) electrons. The zero-order valence-electron chi connectivity index (χ0n) is 12.9. The molecule has 3 rings (SSSR count). The fraction of sp³-hybridized carbons (Fsp3) is 0.188. The van der Waals surface area contributed by atoms with Gasteiger partial charge in [-0.1, -0.05) is 35.9 Å². The Labute approximate surface area is 158 Å². The third-order valence-electron chi connectivity index (χ3n) is 3.36. The highest BCUT2D eigenvalue weighted by molar-refractivity contribution is 7.93. The first kappa shape index (κ1) is 18.3. The molecule has 9 heteroatoms. The fourth-order valence-electron chi connectivity index (χ4n) is 2.19. The van der Waals surface area contributed by atoms with Crippen molar-refractivity contribution in [2.24, 2.45) is 0 Å². The average Bonchev–Trinajstić information content (AvgIpc) is 3.25. The number of nitrogens with one attached hydrogen (secondary N) is 1. The van der Waals surface area contributed by atoms with Crippen molar-refractivity contribution < 1.29 is 13.5 Å². The van der Waals surface area contributed by atoms with E-state index in [-0.39, 0.29) is 16.5 Å². The number of thiazole rings is 1. The van der Waals surface area contributed by atoms with E-state index in [0.29, 0.717) is 10.2 Å². The number of hydrogen-bond acceptors (Lipinski definition) is 7. The van der Waals surface area contributed by atoms with Crippen LogP contribution in [0.25, 0.3) is 11.3 Å². The second kappa shape index (κ2) is 7.84. The quantitative estimate of drug-likeness (QED) is 0.615. The highest BCUT2D eigenvalue weighted by Crippen LogP contribution is 2.30. The Bertz CT molecular complexity index is 939. The summed E-state index contributed by atoms with van der Waals surface area (Å²) in [6.07, 6.45) is -1.03. The van der Waals surface area contributed by atoms with E-state index in [4.69, 9.17) is 11.6 Å². The van der Waals surface area contributed by atoms with Gasteiger partial charge in [0.05, 0.1) is 17.6 Å². The van der Waals surface area contributed by atoms with Gasteiger partial charge in [-0.15, -0.1) is 22.7 Å². The molecule has 0 spiro atoms. The maximum atomic E-state index is 12.1. The zero-order valence-corrected chi connectivity index (χ0v) is 16.1. The van der Waals surface area contributed by atoms with Crippen LogP contribution in [-0.4, -0.2) is 36.9 Å². The van der Waals surface area contributed by atoms with E-state index in [2.05, 4.69) is 10.3 Å². The molecule has 0 aliphatic rings. The Morgan fingerprint density at radius 2 is 2.00 bits per heavy atom. The molecule has 3 aromatic rings. The molecule has 2 heterocycles. The van der Waals surface area contributed by atoms with Crippen LogP contribution in [0.2, 0.25) is 5.02 Å². The zero-order chi connectivity index (χ0) is 17.9. The molecular weight excluding hydrogens is 400 g/mol. The largest absolute Gasteiger partial charge is 0.390 e. The van der Waals surface area contributed by atoms with E-state index >= 15 is 0 Å². The van der Waals surface area contributed by atoms with Gasteiger partial charge in [0.15, 0.2) is 15.0 Å². The van der Waals surface area contributed by atoms with E-state index in [1.165, 1.54) is 17.4 Å². The van der Waals surface area contributed by atoms with Gasteiger partial charge in [-0.05, 0) is 17.5 Å². The highest BCUT2D eigenvalue weighted by Gasteiger charge is 2.21. The van der Waals surface area contributed by atoms with Crippen LogP contribution in [0.5, 0.6) is 0 Å². The fourth-order valence-corrected chi connectivity index (χ4v) is 5.62. The van der Waals surface area contributed by atoms with Gasteiger partial charge in [-0.25, -0.2) is 13.4 Å². The number of halogens is 1. The Kier molecular flexibility index (Phi) is 5.75. The number of thiophene rings is 1. The van der Waals surface area contributed by atoms with E-state index in [9.17, 15) is 13.5 Å². The molecular formula is C16H15ClN2O3S3. The average molecular weight is 415 g/mol. The van der Waals surface area contributed by atoms with Gasteiger partial charge in [0, 0.05) is 22.5 Å². The van der Waals surface area contributed by atoms with Crippen molar-refractivity contribution in [3.63, 3.8) is 0 Å². The van der Waals surface area contributed by atoms with Crippen LogP contribution in [-0.2, 0) is 9.84 Å². The Morgan fingerprint density at radius 1 is 1.20 bits per heavy atom. The lowest BCUT2D eigenvalue weighted by atomic mass is 10.2. The lowest BCUT2D eigenvalue weighted by molar-refractivity contribution is 0.210. The monoisotopic (exact) mass is 414 g/mol. The first-order valence-electron chi connectivity index (χ1n) is 7.34. The topological polar surface area (TPSA) is 79.3 Å². The van der Waals surface area contributed by atoms with Crippen LogP contribution in [0.15, 0.2) is 51.4 Å². The lowest BCUT2D eigenvalue weighted by Crippen LogP contribution is -2.27. The van der Waals surface area contributed by atoms with Crippen LogP contribution in [0.3, 0.4) is 0 Å². The summed E-state index contributed by atoms with van der Waals surface area (Å²) in [6.45, 7) is 0.0973. The minimum atomic E-state index is -3.47. The summed E-state index contributed by atoms with van der Waals surface area (Å²) in [6, 6.07) is 10.6. The highest BCUT2D eigenvalue weighted by atomic mass is 35.5. The molecule has 0 bridgehead atoms. The van der Waals surface area contributed by atoms with Crippen molar-refractivity contribution in [3.05, 3.63) is 52.2 Å². The first-order chi connectivity index (χ1) is 12.0. The summed E-state index contributed by atoms with van der Waals surface area (Å²) in [5, 5.41) is 17.8. The van der Waals surface area contributed by atoms with E-state index in [1.54, 1.807) is 17.5 Å². The third kappa shape index (κ3) is 4.59. The first-order valence-corrected chi connectivity index (χ1v) is 11.1. The van der Waals surface area contributed by atoms with Gasteiger partial charge < -0.3 is 10.4 Å². The second-order valence-corrected chi connectivity index (χ2v) is 9.74. The smallest absolute Gasteiger partial charge is 0.190 e. The minimum absolute atomic E-state index is 0.0973. The molecule has 1 unspecified atom stereocenters. The predicted octanol–water partition coefficient (Wildman–Crippen LogP) is 3.77. The molecule has 0 aliphatic carbocycles. The summed E-state index contributed by atoms with van der Waals surface area (Å²) in [7, 11) is -3.47. The number of anilines is 1. The molecule has 0 fully saturated rings. The molecule has 2 N–H and O–H groups in total. The number of rotatable bonds is 7. The molecule has 1 aromatic carbocycles. The van der Waals surface area contributed by atoms with Gasteiger partial charge in [0.1, 0.15) is 4.21 Å². The second-order valence-electron chi connectivity index (χ2n) is 5.27. The van der Waals surface area contributed by atoms with Crippen molar-refractivity contribution in [3.8, 4) is 11.3 Å². The molecule has 25 heavy (non-hydrogen) atoms. The van der Waals surface area contributed by atoms with Crippen molar-refractivity contribution in [2.45, 2.75) is 10.3 Å². The van der Waals surface area contributed by atoms with Crippen LogP contribution < -0.4 is 5.32 Å². The van der Waals surface area contributed by atoms with E-state index in [0.717, 1.165) is 22.6 Å². The number of benzene rings is 1. The van der Waals surface area contributed by atoms with Gasteiger partial charge >= 0.3 is 0 Å². The van der Waals surface area contributed by atoms with Gasteiger partial charge in [-0.2, -0.15) is 0 Å². The molecule has 132 valence electrons. The molecule has 5 nitrogen and oxygen atoms in total. The normalized spacial score (nSPS) is 12.9. The standard InChI is InChI=1S/C16H15ClN2O3S3/c17-13-5-2-1-4-12(13)14-9-24-16(19-14)18-8-11(20)10-25(21,22)15-6-3-7-23-15/h1-7,9,11,20H,8,10H2,(H,18,19). The molecule has 0 saturated carbocycles. The van der Waals surface area contributed by atoms with Crippen LogP contribution >= 0.6 is 34.3 Å². The lowest BCUT2D eigenvalue weighted by Gasteiger charge is -2.11. The molecule has 2 aromatic heterocycles. The maximum absolute atomic E-state index is 12.1. The number of aliphatic hydroxyl groups is 1.